The molecule has 0 radical (unpaired) electrons. The van der Waals surface area contributed by atoms with Gasteiger partial charge in [0.05, 0.1) is 7.11 Å². The summed E-state index contributed by atoms with van der Waals surface area (Å²) in [5.41, 5.74) is 2.54. The number of halogens is 1. The Labute approximate surface area is 91.0 Å². The van der Waals surface area contributed by atoms with Crippen molar-refractivity contribution in [1.82, 2.24) is 0 Å². The van der Waals surface area contributed by atoms with Gasteiger partial charge in [-0.15, -0.1) is 11.6 Å². The molecule has 0 aliphatic carbocycles. The van der Waals surface area contributed by atoms with E-state index in [4.69, 9.17) is 16.3 Å². The third-order valence-corrected chi connectivity index (χ3v) is 2.49. The lowest BCUT2D eigenvalue weighted by molar-refractivity contribution is 0.407. The number of rotatable bonds is 4. The predicted molar refractivity (Wildman–Crippen MR) is 61.5 cm³/mol. The Morgan fingerprint density at radius 1 is 1.36 bits per heavy atom. The van der Waals surface area contributed by atoms with Crippen molar-refractivity contribution in [3.8, 4) is 5.75 Å². The average molecular weight is 213 g/mol. The minimum Gasteiger partial charge on any atom is -0.496 e. The predicted octanol–water partition coefficient (Wildman–Crippen LogP) is 3.60. The number of hydrogen-bond donors (Lipinski definition) is 0. The maximum absolute atomic E-state index is 5.71. The summed E-state index contributed by atoms with van der Waals surface area (Å²) in [4.78, 5) is 0. The summed E-state index contributed by atoms with van der Waals surface area (Å²) in [6.45, 7) is 4.34. The number of ether oxygens (including phenoxy) is 1. The first-order chi connectivity index (χ1) is 6.69. The molecule has 0 fully saturated rings. The molecule has 0 amide bonds. The molecule has 0 spiro atoms. The van der Waals surface area contributed by atoms with Gasteiger partial charge in [0.1, 0.15) is 5.75 Å². The van der Waals surface area contributed by atoms with E-state index in [0.29, 0.717) is 11.8 Å². The van der Waals surface area contributed by atoms with E-state index in [1.54, 1.807) is 7.11 Å². The van der Waals surface area contributed by atoms with E-state index in [1.165, 1.54) is 11.1 Å². The molecule has 78 valence electrons. The number of hydrogen-bond acceptors (Lipinski definition) is 1. The van der Waals surface area contributed by atoms with Crippen LogP contribution in [0.3, 0.4) is 0 Å². The van der Waals surface area contributed by atoms with E-state index in [9.17, 15) is 0 Å². The third-order valence-electron chi connectivity index (χ3n) is 2.30. The van der Waals surface area contributed by atoms with E-state index in [-0.39, 0.29) is 0 Å². The van der Waals surface area contributed by atoms with E-state index in [0.717, 1.165) is 12.2 Å². The molecule has 2 heteroatoms. The van der Waals surface area contributed by atoms with Gasteiger partial charge < -0.3 is 4.74 Å². The van der Waals surface area contributed by atoms with Crippen molar-refractivity contribution in [2.75, 3.05) is 13.0 Å². The van der Waals surface area contributed by atoms with Gasteiger partial charge in [-0.05, 0) is 29.5 Å². The zero-order valence-corrected chi connectivity index (χ0v) is 9.77. The highest BCUT2D eigenvalue weighted by molar-refractivity contribution is 6.17. The Morgan fingerprint density at radius 3 is 2.57 bits per heavy atom. The van der Waals surface area contributed by atoms with Gasteiger partial charge in [0.15, 0.2) is 0 Å². The van der Waals surface area contributed by atoms with Crippen LogP contribution in [0.4, 0.5) is 0 Å². The van der Waals surface area contributed by atoms with Crippen LogP contribution in [0.25, 0.3) is 0 Å². The monoisotopic (exact) mass is 212 g/mol. The summed E-state index contributed by atoms with van der Waals surface area (Å²) in [6, 6.07) is 6.29. The first-order valence-corrected chi connectivity index (χ1v) is 5.45. The van der Waals surface area contributed by atoms with Gasteiger partial charge in [0, 0.05) is 5.88 Å². The highest BCUT2D eigenvalue weighted by Crippen LogP contribution is 2.27. The lowest BCUT2D eigenvalue weighted by atomic mass is 9.99. The van der Waals surface area contributed by atoms with Crippen LogP contribution in [-0.2, 0) is 6.42 Å². The van der Waals surface area contributed by atoms with Crippen LogP contribution in [0.15, 0.2) is 18.2 Å². The van der Waals surface area contributed by atoms with Gasteiger partial charge in [-0.25, -0.2) is 0 Å². The number of methoxy groups -OCH3 is 1. The number of benzene rings is 1. The van der Waals surface area contributed by atoms with Crippen LogP contribution in [-0.4, -0.2) is 13.0 Å². The van der Waals surface area contributed by atoms with Gasteiger partial charge in [0.2, 0.25) is 0 Å². The van der Waals surface area contributed by atoms with Crippen molar-refractivity contribution in [3.05, 3.63) is 29.3 Å². The highest BCUT2D eigenvalue weighted by Gasteiger charge is 2.07. The molecular weight excluding hydrogens is 196 g/mol. The molecule has 1 aromatic rings. The third kappa shape index (κ3) is 2.65. The molecule has 14 heavy (non-hydrogen) atoms. The highest BCUT2D eigenvalue weighted by atomic mass is 35.5. The first kappa shape index (κ1) is 11.4. The Bertz CT molecular complexity index is 294. The number of alkyl halides is 1. The Balaban J connectivity index is 3.01. The fraction of sp³-hybridized carbons (Fsp3) is 0.500. The fourth-order valence-corrected chi connectivity index (χ4v) is 1.72. The SMILES string of the molecule is COc1ccc(CCCl)cc1C(C)C. The molecule has 0 atom stereocenters. The Morgan fingerprint density at radius 2 is 2.07 bits per heavy atom. The molecule has 0 aliphatic heterocycles. The van der Waals surface area contributed by atoms with Gasteiger partial charge in [-0.3, -0.25) is 0 Å². The summed E-state index contributed by atoms with van der Waals surface area (Å²) in [6.07, 6.45) is 0.922. The first-order valence-electron chi connectivity index (χ1n) is 4.91. The Kier molecular flexibility index (Phi) is 4.27. The molecule has 0 saturated heterocycles. The number of aryl methyl sites for hydroxylation is 1. The molecule has 0 aliphatic rings. The fourth-order valence-electron chi connectivity index (χ4n) is 1.50. The smallest absolute Gasteiger partial charge is 0.122 e. The summed E-state index contributed by atoms with van der Waals surface area (Å²) in [5, 5.41) is 0. The standard InChI is InChI=1S/C12H17ClO/c1-9(2)11-8-10(6-7-13)4-5-12(11)14-3/h4-5,8-9H,6-7H2,1-3H3. The largest absolute Gasteiger partial charge is 0.496 e. The lowest BCUT2D eigenvalue weighted by Crippen LogP contribution is -1.96. The zero-order chi connectivity index (χ0) is 10.6. The van der Waals surface area contributed by atoms with Gasteiger partial charge in [-0.1, -0.05) is 26.0 Å². The van der Waals surface area contributed by atoms with E-state index >= 15 is 0 Å². The van der Waals surface area contributed by atoms with Gasteiger partial charge in [0.25, 0.3) is 0 Å². The zero-order valence-electron chi connectivity index (χ0n) is 9.01. The van der Waals surface area contributed by atoms with Crippen LogP contribution in [0.5, 0.6) is 5.75 Å². The Hall–Kier alpha value is -0.690. The maximum Gasteiger partial charge on any atom is 0.122 e. The molecule has 1 nitrogen and oxygen atoms in total. The second-order valence-electron chi connectivity index (χ2n) is 3.67. The molecule has 0 heterocycles. The maximum atomic E-state index is 5.71. The summed E-state index contributed by atoms with van der Waals surface area (Å²) in [7, 11) is 1.71. The van der Waals surface area contributed by atoms with Crippen molar-refractivity contribution in [1.29, 1.82) is 0 Å². The van der Waals surface area contributed by atoms with Crippen molar-refractivity contribution in [3.63, 3.8) is 0 Å². The normalized spacial score (nSPS) is 10.6. The molecule has 1 aromatic carbocycles. The summed E-state index contributed by atoms with van der Waals surface area (Å²) in [5.74, 6) is 2.13. The van der Waals surface area contributed by atoms with E-state index in [2.05, 4.69) is 26.0 Å². The minimum absolute atomic E-state index is 0.486. The van der Waals surface area contributed by atoms with Crippen molar-refractivity contribution in [2.24, 2.45) is 0 Å². The van der Waals surface area contributed by atoms with Gasteiger partial charge in [-0.2, -0.15) is 0 Å². The van der Waals surface area contributed by atoms with Crippen LogP contribution >= 0.6 is 11.6 Å². The molecule has 0 bridgehead atoms. The molecule has 0 aromatic heterocycles. The average Bonchev–Trinajstić information content (AvgIpc) is 2.18. The molecule has 1 rings (SSSR count). The van der Waals surface area contributed by atoms with Crippen molar-refractivity contribution in [2.45, 2.75) is 26.2 Å². The second-order valence-corrected chi connectivity index (χ2v) is 4.05. The molecule has 0 unspecified atom stereocenters. The lowest BCUT2D eigenvalue weighted by Gasteiger charge is -2.13. The van der Waals surface area contributed by atoms with Crippen molar-refractivity contribution >= 4 is 11.6 Å². The molecular formula is C12H17ClO. The van der Waals surface area contributed by atoms with Crippen LogP contribution in [0, 0.1) is 0 Å². The minimum atomic E-state index is 0.486. The quantitative estimate of drug-likeness (QED) is 0.693. The van der Waals surface area contributed by atoms with Crippen LogP contribution in [0.2, 0.25) is 0 Å². The van der Waals surface area contributed by atoms with E-state index in [1.807, 2.05) is 6.07 Å². The van der Waals surface area contributed by atoms with E-state index < -0.39 is 0 Å². The summed E-state index contributed by atoms with van der Waals surface area (Å²) >= 11 is 5.71. The topological polar surface area (TPSA) is 9.23 Å². The van der Waals surface area contributed by atoms with Crippen LogP contribution < -0.4 is 4.74 Å². The molecule has 0 N–H and O–H groups in total. The van der Waals surface area contributed by atoms with Crippen LogP contribution in [0.1, 0.15) is 30.9 Å². The summed E-state index contributed by atoms with van der Waals surface area (Å²) < 4.78 is 5.31. The van der Waals surface area contributed by atoms with Gasteiger partial charge >= 0.3 is 0 Å². The molecule has 0 saturated carbocycles. The van der Waals surface area contributed by atoms with Crippen molar-refractivity contribution < 1.29 is 4.74 Å². The second kappa shape index (κ2) is 5.26.